The highest BCUT2D eigenvalue weighted by molar-refractivity contribution is 6.44. The number of hydrogen-bond acceptors (Lipinski definition) is 5. The van der Waals surface area contributed by atoms with Crippen molar-refractivity contribution in [2.45, 2.75) is 51.6 Å². The standard InChI is InChI=1S/C14H17N3O4/c1-9-7-11(21-15-9)8-16-12(18)13(19)17(14(16)20)10-5-3-2-4-6-10/h7,10H,2-6,8H2,1H3. The molecule has 2 heterocycles. The Kier molecular flexibility index (Phi) is 3.48. The Bertz CT molecular complexity index is 589. The quantitative estimate of drug-likeness (QED) is 0.624. The summed E-state index contributed by atoms with van der Waals surface area (Å²) in [5.74, 6) is -1.10. The van der Waals surface area contributed by atoms with Crippen molar-refractivity contribution in [1.82, 2.24) is 15.0 Å². The first kappa shape index (κ1) is 13.8. The molecule has 1 aromatic rings. The number of amides is 4. The molecule has 1 saturated carbocycles. The van der Waals surface area contributed by atoms with Gasteiger partial charge in [0.15, 0.2) is 5.76 Å². The smallest absolute Gasteiger partial charge is 0.334 e. The van der Waals surface area contributed by atoms with E-state index in [0.29, 0.717) is 11.5 Å². The van der Waals surface area contributed by atoms with E-state index in [2.05, 4.69) is 5.16 Å². The number of hydrogen-bond donors (Lipinski definition) is 0. The number of carbonyl (C=O) groups excluding carboxylic acids is 3. The predicted octanol–water partition coefficient (Wildman–Crippen LogP) is 1.61. The van der Waals surface area contributed by atoms with E-state index < -0.39 is 17.8 Å². The van der Waals surface area contributed by atoms with Crippen LogP contribution in [0.5, 0.6) is 0 Å². The summed E-state index contributed by atoms with van der Waals surface area (Å²) in [6.45, 7) is 1.70. The number of aryl methyl sites for hydroxylation is 1. The van der Waals surface area contributed by atoms with E-state index in [1.165, 1.54) is 0 Å². The maximum absolute atomic E-state index is 12.4. The molecule has 7 heteroatoms. The Morgan fingerprint density at radius 2 is 1.90 bits per heavy atom. The first-order valence-corrected chi connectivity index (χ1v) is 7.19. The molecule has 2 fully saturated rings. The van der Waals surface area contributed by atoms with Gasteiger partial charge in [0.1, 0.15) is 0 Å². The van der Waals surface area contributed by atoms with Crippen LogP contribution in [-0.2, 0) is 16.1 Å². The number of imide groups is 2. The third-order valence-corrected chi connectivity index (χ3v) is 4.01. The zero-order chi connectivity index (χ0) is 15.0. The molecule has 21 heavy (non-hydrogen) atoms. The molecule has 1 saturated heterocycles. The van der Waals surface area contributed by atoms with E-state index in [9.17, 15) is 14.4 Å². The molecule has 0 atom stereocenters. The Balaban J connectivity index is 1.78. The summed E-state index contributed by atoms with van der Waals surface area (Å²) >= 11 is 0. The fraction of sp³-hybridized carbons (Fsp3) is 0.571. The van der Waals surface area contributed by atoms with Gasteiger partial charge in [-0.1, -0.05) is 24.4 Å². The third kappa shape index (κ3) is 2.43. The monoisotopic (exact) mass is 291 g/mol. The second-order valence-electron chi connectivity index (χ2n) is 5.58. The van der Waals surface area contributed by atoms with Crippen LogP contribution >= 0.6 is 0 Å². The Labute approximate surface area is 121 Å². The lowest BCUT2D eigenvalue weighted by molar-refractivity contribution is -0.144. The summed E-state index contributed by atoms with van der Waals surface area (Å²) in [4.78, 5) is 38.6. The minimum atomic E-state index is -0.778. The van der Waals surface area contributed by atoms with Gasteiger partial charge in [-0.25, -0.2) is 9.69 Å². The van der Waals surface area contributed by atoms with Crippen LogP contribution in [0.15, 0.2) is 10.6 Å². The molecule has 1 aliphatic carbocycles. The lowest BCUT2D eigenvalue weighted by Gasteiger charge is -2.28. The molecule has 3 rings (SSSR count). The molecule has 1 aromatic heterocycles. The highest BCUT2D eigenvalue weighted by atomic mass is 16.5. The van der Waals surface area contributed by atoms with E-state index in [0.717, 1.165) is 41.9 Å². The van der Waals surface area contributed by atoms with E-state index in [1.54, 1.807) is 13.0 Å². The molecule has 0 bridgehead atoms. The minimum Gasteiger partial charge on any atom is -0.359 e. The predicted molar refractivity (Wildman–Crippen MR) is 70.9 cm³/mol. The van der Waals surface area contributed by atoms with Gasteiger partial charge in [-0.05, 0) is 19.8 Å². The molecule has 2 aliphatic rings. The van der Waals surface area contributed by atoms with Crippen molar-refractivity contribution in [3.63, 3.8) is 0 Å². The molecule has 0 N–H and O–H groups in total. The van der Waals surface area contributed by atoms with Gasteiger partial charge >= 0.3 is 17.8 Å². The van der Waals surface area contributed by atoms with Crippen LogP contribution in [0.1, 0.15) is 43.6 Å². The number of carbonyl (C=O) groups is 3. The molecule has 0 aromatic carbocycles. The van der Waals surface area contributed by atoms with Crippen molar-refractivity contribution in [2.75, 3.05) is 0 Å². The van der Waals surface area contributed by atoms with Crippen molar-refractivity contribution in [3.8, 4) is 0 Å². The topological polar surface area (TPSA) is 83.7 Å². The van der Waals surface area contributed by atoms with Crippen LogP contribution in [-0.4, -0.2) is 38.8 Å². The molecular weight excluding hydrogens is 274 g/mol. The Morgan fingerprint density at radius 3 is 2.52 bits per heavy atom. The van der Waals surface area contributed by atoms with E-state index in [-0.39, 0.29) is 12.6 Å². The number of aromatic nitrogens is 1. The second kappa shape index (κ2) is 5.31. The number of rotatable bonds is 3. The molecule has 0 unspecified atom stereocenters. The minimum absolute atomic E-state index is 0.0481. The molecule has 0 spiro atoms. The fourth-order valence-electron chi connectivity index (χ4n) is 2.97. The van der Waals surface area contributed by atoms with Crippen LogP contribution in [0.25, 0.3) is 0 Å². The molecule has 1 aliphatic heterocycles. The van der Waals surface area contributed by atoms with Gasteiger partial charge in [0.05, 0.1) is 12.2 Å². The normalized spacial score (nSPS) is 20.7. The zero-order valence-corrected chi connectivity index (χ0v) is 11.9. The van der Waals surface area contributed by atoms with Gasteiger partial charge in [0.25, 0.3) is 0 Å². The Hall–Kier alpha value is -2.18. The Morgan fingerprint density at radius 1 is 1.19 bits per heavy atom. The van der Waals surface area contributed by atoms with Gasteiger partial charge in [0, 0.05) is 12.1 Å². The van der Waals surface area contributed by atoms with Crippen LogP contribution in [0, 0.1) is 6.92 Å². The van der Waals surface area contributed by atoms with Crippen molar-refractivity contribution in [1.29, 1.82) is 0 Å². The number of nitrogens with zero attached hydrogens (tertiary/aromatic N) is 3. The number of urea groups is 1. The van der Waals surface area contributed by atoms with Crippen LogP contribution in [0.4, 0.5) is 4.79 Å². The van der Waals surface area contributed by atoms with Crippen molar-refractivity contribution >= 4 is 17.8 Å². The molecule has 7 nitrogen and oxygen atoms in total. The van der Waals surface area contributed by atoms with Crippen molar-refractivity contribution in [2.24, 2.45) is 0 Å². The summed E-state index contributed by atoms with van der Waals surface area (Å²) in [5.41, 5.74) is 0.666. The summed E-state index contributed by atoms with van der Waals surface area (Å²) in [5, 5.41) is 3.71. The average molecular weight is 291 g/mol. The van der Waals surface area contributed by atoms with Crippen LogP contribution < -0.4 is 0 Å². The van der Waals surface area contributed by atoms with Gasteiger partial charge in [-0.3, -0.25) is 14.5 Å². The second-order valence-corrected chi connectivity index (χ2v) is 5.58. The SMILES string of the molecule is Cc1cc(CN2C(=O)C(=O)N(C3CCCCC3)C2=O)on1. The maximum Gasteiger partial charge on any atom is 0.334 e. The summed E-state index contributed by atoms with van der Waals surface area (Å²) in [6, 6.07) is 0.962. The van der Waals surface area contributed by atoms with Crippen LogP contribution in [0.2, 0.25) is 0 Å². The van der Waals surface area contributed by atoms with Gasteiger partial charge in [-0.15, -0.1) is 0 Å². The van der Waals surface area contributed by atoms with Gasteiger partial charge < -0.3 is 4.52 Å². The van der Waals surface area contributed by atoms with E-state index >= 15 is 0 Å². The van der Waals surface area contributed by atoms with Gasteiger partial charge in [0.2, 0.25) is 0 Å². The zero-order valence-electron chi connectivity index (χ0n) is 11.9. The van der Waals surface area contributed by atoms with Gasteiger partial charge in [-0.2, -0.15) is 0 Å². The highest BCUT2D eigenvalue weighted by Crippen LogP contribution is 2.27. The lowest BCUT2D eigenvalue weighted by Crippen LogP contribution is -2.42. The van der Waals surface area contributed by atoms with Crippen LogP contribution in [0.3, 0.4) is 0 Å². The van der Waals surface area contributed by atoms with E-state index in [1.807, 2.05) is 0 Å². The first-order valence-electron chi connectivity index (χ1n) is 7.19. The average Bonchev–Trinajstić information content (AvgIpc) is 2.98. The maximum atomic E-state index is 12.4. The first-order chi connectivity index (χ1) is 10.1. The van der Waals surface area contributed by atoms with Crippen molar-refractivity contribution < 1.29 is 18.9 Å². The lowest BCUT2D eigenvalue weighted by atomic mass is 9.94. The third-order valence-electron chi connectivity index (χ3n) is 4.01. The van der Waals surface area contributed by atoms with Crippen molar-refractivity contribution in [3.05, 3.63) is 17.5 Å². The molecule has 112 valence electrons. The molecule has 4 amide bonds. The molecular formula is C14H17N3O4. The summed E-state index contributed by atoms with van der Waals surface area (Å²) < 4.78 is 5.01. The highest BCUT2D eigenvalue weighted by Gasteiger charge is 2.47. The van der Waals surface area contributed by atoms with E-state index in [4.69, 9.17) is 4.52 Å². The largest absolute Gasteiger partial charge is 0.359 e. The summed E-state index contributed by atoms with van der Waals surface area (Å²) in [7, 11) is 0. The fourth-order valence-corrected chi connectivity index (χ4v) is 2.97. The summed E-state index contributed by atoms with van der Waals surface area (Å²) in [6.07, 6.45) is 4.64. The molecule has 0 radical (unpaired) electrons.